The van der Waals surface area contributed by atoms with Crippen molar-refractivity contribution >= 4 is 73.0 Å². The first-order valence-corrected chi connectivity index (χ1v) is 12.5. The van der Waals surface area contributed by atoms with Crippen LogP contribution in [0.4, 0.5) is 10.7 Å². The minimum atomic E-state index is -4.04. The molecule has 3 rings (SSSR count). The molecule has 0 aliphatic heterocycles. The van der Waals surface area contributed by atoms with Gasteiger partial charge in [0.05, 0.1) is 26.2 Å². The van der Waals surface area contributed by atoms with Crippen molar-refractivity contribution in [3.8, 4) is 0 Å². The monoisotopic (exact) mass is 519 g/mol. The number of amides is 2. The number of sulfonamides is 1. The van der Waals surface area contributed by atoms with Gasteiger partial charge < -0.3 is 15.4 Å². The molecule has 32 heavy (non-hydrogen) atoms. The van der Waals surface area contributed by atoms with E-state index in [-0.39, 0.29) is 32.1 Å². The number of esters is 1. The molecular weight excluding hydrogens is 501 g/mol. The molecule has 9 nitrogen and oxygen atoms in total. The highest BCUT2D eigenvalue weighted by Gasteiger charge is 2.27. The average Bonchev–Trinajstić information content (AvgIpc) is 3.05. The fourth-order valence-electron chi connectivity index (χ4n) is 3.24. The molecule has 4 N–H and O–H groups in total. The summed E-state index contributed by atoms with van der Waals surface area (Å²) in [5.74, 6) is -1.79. The molecule has 1 aliphatic carbocycles. The highest BCUT2D eigenvalue weighted by atomic mass is 35.5. The number of halogens is 2. The van der Waals surface area contributed by atoms with Crippen LogP contribution in [0.25, 0.3) is 0 Å². The molecule has 1 aliphatic rings. The second-order valence-electron chi connectivity index (χ2n) is 7.03. The summed E-state index contributed by atoms with van der Waals surface area (Å²) >= 11 is 13.4. The van der Waals surface area contributed by atoms with Crippen molar-refractivity contribution in [1.82, 2.24) is 0 Å². The van der Waals surface area contributed by atoms with E-state index in [2.05, 4.69) is 10.6 Å². The number of carbonyl (C=O) groups is 3. The quantitative estimate of drug-likeness (QED) is 0.499. The molecule has 1 aromatic heterocycles. The predicted octanol–water partition coefficient (Wildman–Crippen LogP) is 3.34. The molecule has 0 spiro atoms. The molecule has 0 unspecified atom stereocenters. The highest BCUT2D eigenvalue weighted by molar-refractivity contribution is 7.89. The topological polar surface area (TPSA) is 145 Å². The number of nitrogens with one attached hydrogen (secondary N) is 2. The maximum atomic E-state index is 12.7. The summed E-state index contributed by atoms with van der Waals surface area (Å²) in [5, 5.41) is 10.2. The molecule has 0 fully saturated rings. The van der Waals surface area contributed by atoms with E-state index in [9.17, 15) is 22.8 Å². The van der Waals surface area contributed by atoms with Gasteiger partial charge in [-0.3, -0.25) is 9.59 Å². The van der Waals surface area contributed by atoms with Crippen LogP contribution in [0.2, 0.25) is 10.0 Å². The molecular formula is C19H19Cl2N3O6S2. The Labute approximate surface area is 198 Å². The number of carbonyl (C=O) groups excluding carboxylic acids is 3. The number of hydrogen-bond acceptors (Lipinski definition) is 7. The zero-order chi connectivity index (χ0) is 23.6. The van der Waals surface area contributed by atoms with Gasteiger partial charge in [0, 0.05) is 11.8 Å². The SMILES string of the molecule is CC(=O)Nc1sc2c(c1C(=O)OCC(=O)Nc1c(Cl)cc(S(N)(=O)=O)cc1Cl)CCCC2. The largest absolute Gasteiger partial charge is 0.452 e. The van der Waals surface area contributed by atoms with Gasteiger partial charge >= 0.3 is 5.97 Å². The summed E-state index contributed by atoms with van der Waals surface area (Å²) in [5.41, 5.74) is 1.05. The molecule has 2 aromatic rings. The van der Waals surface area contributed by atoms with Crippen LogP contribution in [0, 0.1) is 0 Å². The fraction of sp³-hybridized carbons (Fsp3) is 0.316. The minimum absolute atomic E-state index is 0.0476. The second-order valence-corrected chi connectivity index (χ2v) is 10.5. The number of thiophene rings is 1. The van der Waals surface area contributed by atoms with Crippen LogP contribution >= 0.6 is 34.5 Å². The standard InChI is InChI=1S/C19H19Cl2N3O6S2/c1-9(25)23-18-16(11-4-2-3-5-14(11)31-18)19(27)30-8-15(26)24-17-12(20)6-10(7-13(17)21)32(22,28)29/h6-7H,2-5,8H2,1H3,(H,23,25)(H,24,26)(H2,22,28,29). The maximum absolute atomic E-state index is 12.7. The number of primary sulfonamides is 1. The Morgan fingerprint density at radius 1 is 1.12 bits per heavy atom. The van der Waals surface area contributed by atoms with E-state index >= 15 is 0 Å². The summed E-state index contributed by atoms with van der Waals surface area (Å²) in [4.78, 5) is 37.3. The molecule has 1 heterocycles. The van der Waals surface area contributed by atoms with Crippen molar-refractivity contribution in [3.05, 3.63) is 38.2 Å². The third kappa shape index (κ3) is 5.59. The van der Waals surface area contributed by atoms with Gasteiger partial charge in [-0.25, -0.2) is 18.4 Å². The van der Waals surface area contributed by atoms with Gasteiger partial charge in [0.2, 0.25) is 15.9 Å². The molecule has 0 radical (unpaired) electrons. The Morgan fingerprint density at radius 2 is 1.75 bits per heavy atom. The Kier molecular flexibility index (Phi) is 7.46. The predicted molar refractivity (Wildman–Crippen MR) is 122 cm³/mol. The summed E-state index contributed by atoms with van der Waals surface area (Å²) < 4.78 is 28.1. The molecule has 0 bridgehead atoms. The number of rotatable bonds is 6. The van der Waals surface area contributed by atoms with Crippen LogP contribution in [-0.2, 0) is 37.2 Å². The van der Waals surface area contributed by atoms with Crippen LogP contribution in [0.3, 0.4) is 0 Å². The Bertz CT molecular complexity index is 1190. The zero-order valence-corrected chi connectivity index (χ0v) is 19.9. The molecule has 1 aromatic carbocycles. The number of anilines is 2. The van der Waals surface area contributed by atoms with Crippen molar-refractivity contribution in [2.45, 2.75) is 37.5 Å². The van der Waals surface area contributed by atoms with Gasteiger partial charge in [0.25, 0.3) is 5.91 Å². The van der Waals surface area contributed by atoms with Crippen molar-refractivity contribution in [2.75, 3.05) is 17.2 Å². The van der Waals surface area contributed by atoms with Crippen LogP contribution in [-0.4, -0.2) is 32.8 Å². The van der Waals surface area contributed by atoms with Crippen LogP contribution in [0.15, 0.2) is 17.0 Å². The van der Waals surface area contributed by atoms with Gasteiger partial charge in [-0.2, -0.15) is 0 Å². The molecule has 13 heteroatoms. The van der Waals surface area contributed by atoms with Gasteiger partial charge in [-0.15, -0.1) is 11.3 Å². The molecule has 2 amide bonds. The molecule has 0 saturated heterocycles. The first-order chi connectivity index (χ1) is 15.0. The normalized spacial score (nSPS) is 13.2. The first kappa shape index (κ1) is 24.5. The van der Waals surface area contributed by atoms with Gasteiger partial charge in [-0.1, -0.05) is 23.2 Å². The summed E-state index contributed by atoms with van der Waals surface area (Å²) in [6.07, 6.45) is 3.40. The van der Waals surface area contributed by atoms with E-state index in [0.717, 1.165) is 41.8 Å². The van der Waals surface area contributed by atoms with Crippen molar-refractivity contribution in [3.63, 3.8) is 0 Å². The van der Waals surface area contributed by atoms with E-state index < -0.39 is 28.5 Å². The maximum Gasteiger partial charge on any atom is 0.341 e. The van der Waals surface area contributed by atoms with Crippen LogP contribution in [0.5, 0.6) is 0 Å². The van der Waals surface area contributed by atoms with Gasteiger partial charge in [0.1, 0.15) is 5.00 Å². The summed E-state index contributed by atoms with van der Waals surface area (Å²) in [7, 11) is -4.04. The smallest absolute Gasteiger partial charge is 0.341 e. The lowest BCUT2D eigenvalue weighted by molar-refractivity contribution is -0.119. The minimum Gasteiger partial charge on any atom is -0.452 e. The number of ether oxygens (including phenoxy) is 1. The molecule has 0 saturated carbocycles. The fourth-order valence-corrected chi connectivity index (χ4v) is 5.84. The van der Waals surface area contributed by atoms with E-state index in [0.29, 0.717) is 11.4 Å². The van der Waals surface area contributed by atoms with Crippen LogP contribution < -0.4 is 15.8 Å². The lowest BCUT2D eigenvalue weighted by atomic mass is 9.95. The number of benzene rings is 1. The molecule has 172 valence electrons. The van der Waals surface area contributed by atoms with Crippen LogP contribution in [0.1, 0.15) is 40.6 Å². The van der Waals surface area contributed by atoms with E-state index in [1.807, 2.05) is 0 Å². The first-order valence-electron chi connectivity index (χ1n) is 9.38. The van der Waals surface area contributed by atoms with Gasteiger partial charge in [-0.05, 0) is 43.4 Å². The Morgan fingerprint density at radius 3 is 2.34 bits per heavy atom. The Hall–Kier alpha value is -2.18. The lowest BCUT2D eigenvalue weighted by Crippen LogP contribution is -2.22. The molecule has 0 atom stereocenters. The average molecular weight is 520 g/mol. The van der Waals surface area contributed by atoms with Gasteiger partial charge in [0.15, 0.2) is 6.61 Å². The van der Waals surface area contributed by atoms with E-state index in [4.69, 9.17) is 33.1 Å². The third-order valence-electron chi connectivity index (χ3n) is 4.61. The second kappa shape index (κ2) is 9.75. The number of fused-ring (bicyclic) bond motifs is 1. The Balaban J connectivity index is 1.73. The summed E-state index contributed by atoms with van der Waals surface area (Å²) in [6.45, 7) is 0.697. The van der Waals surface area contributed by atoms with Crippen molar-refractivity contribution in [1.29, 1.82) is 0 Å². The van der Waals surface area contributed by atoms with E-state index in [1.54, 1.807) is 0 Å². The van der Waals surface area contributed by atoms with E-state index in [1.165, 1.54) is 18.3 Å². The third-order valence-corrected chi connectivity index (χ3v) is 7.30. The number of aryl methyl sites for hydroxylation is 1. The zero-order valence-electron chi connectivity index (χ0n) is 16.8. The number of hydrogen-bond donors (Lipinski definition) is 3. The van der Waals surface area contributed by atoms with Crippen molar-refractivity contribution in [2.24, 2.45) is 5.14 Å². The highest BCUT2D eigenvalue weighted by Crippen LogP contribution is 2.38. The lowest BCUT2D eigenvalue weighted by Gasteiger charge is -2.13. The number of nitrogens with two attached hydrogens (primary N) is 1. The van der Waals surface area contributed by atoms with Crippen molar-refractivity contribution < 1.29 is 27.5 Å². The summed E-state index contributed by atoms with van der Waals surface area (Å²) in [6, 6.07) is 2.09.